The topological polar surface area (TPSA) is 52.0 Å². The molecule has 0 saturated heterocycles. The normalized spacial score (nSPS) is 11.1. The van der Waals surface area contributed by atoms with Crippen LogP contribution >= 0.6 is 27.5 Å². The first-order chi connectivity index (χ1) is 9.02. The molecule has 0 aliphatic rings. The van der Waals surface area contributed by atoms with Gasteiger partial charge in [0.1, 0.15) is 11.3 Å². The van der Waals surface area contributed by atoms with E-state index in [9.17, 15) is 4.39 Å². The number of nitrogen functional groups attached to an aromatic ring is 1. The number of nitrogens with two attached hydrogens (primary N) is 1. The molecular weight excluding hydrogens is 335 g/mol. The molecule has 1 heterocycles. The van der Waals surface area contributed by atoms with Crippen LogP contribution in [0.3, 0.4) is 0 Å². The average molecular weight is 342 g/mol. The second-order valence-electron chi connectivity index (χ2n) is 4.02. The first-order valence-corrected chi connectivity index (χ1v) is 6.52. The zero-order chi connectivity index (χ0) is 13.6. The van der Waals surface area contributed by atoms with Crippen LogP contribution < -0.4 is 5.73 Å². The van der Waals surface area contributed by atoms with Crippen molar-refractivity contribution in [1.29, 1.82) is 0 Å². The number of fused-ring (bicyclic) bond motifs is 1. The smallest absolute Gasteiger partial charge is 0.227 e. The quantitative estimate of drug-likeness (QED) is 0.656. The van der Waals surface area contributed by atoms with E-state index < -0.39 is 0 Å². The number of anilines is 1. The molecule has 0 aliphatic heterocycles. The highest BCUT2D eigenvalue weighted by molar-refractivity contribution is 9.10. The summed E-state index contributed by atoms with van der Waals surface area (Å²) >= 11 is 9.15. The molecule has 1 aromatic heterocycles. The van der Waals surface area contributed by atoms with Crippen LogP contribution in [0.4, 0.5) is 10.1 Å². The van der Waals surface area contributed by atoms with E-state index in [1.165, 1.54) is 12.1 Å². The minimum absolute atomic E-state index is 0.317. The summed E-state index contributed by atoms with van der Waals surface area (Å²) < 4.78 is 19.5. The van der Waals surface area contributed by atoms with E-state index >= 15 is 0 Å². The molecule has 6 heteroatoms. The van der Waals surface area contributed by atoms with E-state index in [1.807, 2.05) is 0 Å². The molecule has 0 aliphatic carbocycles. The SMILES string of the molecule is Nc1cc2oc(-c3cc(F)cc(Br)c3)nc2cc1Cl. The van der Waals surface area contributed by atoms with E-state index in [0.29, 0.717) is 37.7 Å². The first kappa shape index (κ1) is 12.4. The van der Waals surface area contributed by atoms with Crippen molar-refractivity contribution >= 4 is 44.3 Å². The largest absolute Gasteiger partial charge is 0.436 e. The Morgan fingerprint density at radius 2 is 2.00 bits per heavy atom. The van der Waals surface area contributed by atoms with Crippen molar-refractivity contribution in [3.05, 3.63) is 45.6 Å². The van der Waals surface area contributed by atoms with Crippen molar-refractivity contribution in [2.75, 3.05) is 5.73 Å². The third-order valence-electron chi connectivity index (χ3n) is 2.62. The number of hydrogen-bond donors (Lipinski definition) is 1. The van der Waals surface area contributed by atoms with Crippen LogP contribution in [-0.2, 0) is 0 Å². The lowest BCUT2D eigenvalue weighted by atomic mass is 10.2. The van der Waals surface area contributed by atoms with Gasteiger partial charge in [-0.15, -0.1) is 0 Å². The molecule has 2 N–H and O–H groups in total. The lowest BCUT2D eigenvalue weighted by Gasteiger charge is -1.97. The fraction of sp³-hybridized carbons (Fsp3) is 0. The predicted molar refractivity (Wildman–Crippen MR) is 76.5 cm³/mol. The number of benzene rings is 2. The third-order valence-corrected chi connectivity index (χ3v) is 3.40. The fourth-order valence-electron chi connectivity index (χ4n) is 1.76. The van der Waals surface area contributed by atoms with Crippen molar-refractivity contribution in [3.8, 4) is 11.5 Å². The van der Waals surface area contributed by atoms with Crippen molar-refractivity contribution < 1.29 is 8.81 Å². The van der Waals surface area contributed by atoms with Gasteiger partial charge in [0, 0.05) is 16.1 Å². The summed E-state index contributed by atoms with van der Waals surface area (Å²) in [5.41, 5.74) is 7.74. The van der Waals surface area contributed by atoms with Gasteiger partial charge in [0.2, 0.25) is 5.89 Å². The number of hydrogen-bond acceptors (Lipinski definition) is 3. The summed E-state index contributed by atoms with van der Waals surface area (Å²) in [5.74, 6) is -0.0546. The van der Waals surface area contributed by atoms with Crippen LogP contribution in [0, 0.1) is 5.82 Å². The lowest BCUT2D eigenvalue weighted by Crippen LogP contribution is -1.84. The highest BCUT2D eigenvalue weighted by Crippen LogP contribution is 2.31. The molecule has 0 spiro atoms. The van der Waals surface area contributed by atoms with E-state index in [1.54, 1.807) is 18.2 Å². The van der Waals surface area contributed by atoms with E-state index in [-0.39, 0.29) is 5.82 Å². The Bertz CT molecular complexity index is 728. The molecule has 19 heavy (non-hydrogen) atoms. The van der Waals surface area contributed by atoms with Crippen molar-refractivity contribution in [3.63, 3.8) is 0 Å². The van der Waals surface area contributed by atoms with Gasteiger partial charge < -0.3 is 10.2 Å². The molecule has 2 aromatic carbocycles. The first-order valence-electron chi connectivity index (χ1n) is 5.35. The van der Waals surface area contributed by atoms with Gasteiger partial charge in [-0.05, 0) is 24.3 Å². The number of nitrogens with zero attached hydrogens (tertiary/aromatic N) is 1. The Kier molecular flexibility index (Phi) is 2.95. The summed E-state index contributed by atoms with van der Waals surface area (Å²) in [6.45, 7) is 0. The molecule has 3 nitrogen and oxygen atoms in total. The molecule has 3 aromatic rings. The number of rotatable bonds is 1. The van der Waals surface area contributed by atoms with E-state index in [0.717, 1.165) is 0 Å². The molecule has 0 saturated carbocycles. The summed E-state index contributed by atoms with van der Waals surface area (Å²) in [5, 5.41) is 0.410. The Balaban J connectivity index is 2.20. The van der Waals surface area contributed by atoms with Crippen LogP contribution in [0.25, 0.3) is 22.6 Å². The second kappa shape index (κ2) is 4.51. The molecule has 0 radical (unpaired) electrons. The zero-order valence-corrected chi connectivity index (χ0v) is 11.8. The van der Waals surface area contributed by atoms with Crippen molar-refractivity contribution in [2.24, 2.45) is 0 Å². The molecule has 96 valence electrons. The van der Waals surface area contributed by atoms with Gasteiger partial charge >= 0.3 is 0 Å². The fourth-order valence-corrected chi connectivity index (χ4v) is 2.39. The minimum atomic E-state index is -0.371. The van der Waals surface area contributed by atoms with Gasteiger partial charge in [0.25, 0.3) is 0 Å². The van der Waals surface area contributed by atoms with E-state index in [2.05, 4.69) is 20.9 Å². The monoisotopic (exact) mass is 340 g/mol. The molecular formula is C13H7BrClFN2O. The van der Waals surface area contributed by atoms with Gasteiger partial charge in [-0.3, -0.25) is 0 Å². The van der Waals surface area contributed by atoms with Gasteiger partial charge in [0.05, 0.1) is 10.7 Å². The molecule has 0 fully saturated rings. The zero-order valence-electron chi connectivity index (χ0n) is 9.45. The third kappa shape index (κ3) is 2.31. The summed E-state index contributed by atoms with van der Waals surface area (Å²) in [6.07, 6.45) is 0. The molecule has 3 rings (SSSR count). The van der Waals surface area contributed by atoms with Gasteiger partial charge in [-0.1, -0.05) is 27.5 Å². The Morgan fingerprint density at radius 3 is 2.74 bits per heavy atom. The Morgan fingerprint density at radius 1 is 1.21 bits per heavy atom. The second-order valence-corrected chi connectivity index (χ2v) is 5.34. The highest BCUT2D eigenvalue weighted by atomic mass is 79.9. The van der Waals surface area contributed by atoms with Crippen molar-refractivity contribution in [1.82, 2.24) is 4.98 Å². The van der Waals surface area contributed by atoms with E-state index in [4.69, 9.17) is 21.8 Å². The maximum Gasteiger partial charge on any atom is 0.227 e. The number of halogens is 3. The lowest BCUT2D eigenvalue weighted by molar-refractivity contribution is 0.610. The molecule has 0 bridgehead atoms. The van der Waals surface area contributed by atoms with Crippen LogP contribution in [0.15, 0.2) is 39.2 Å². The van der Waals surface area contributed by atoms with Crippen LogP contribution in [0.2, 0.25) is 5.02 Å². The predicted octanol–water partition coefficient (Wildman–Crippen LogP) is 4.63. The minimum Gasteiger partial charge on any atom is -0.436 e. The Labute approximate surface area is 121 Å². The summed E-state index contributed by atoms with van der Waals surface area (Å²) in [4.78, 5) is 4.27. The summed E-state index contributed by atoms with van der Waals surface area (Å²) in [6, 6.07) is 7.65. The maximum absolute atomic E-state index is 13.4. The van der Waals surface area contributed by atoms with Crippen LogP contribution in [0.1, 0.15) is 0 Å². The van der Waals surface area contributed by atoms with Gasteiger partial charge in [0.15, 0.2) is 5.58 Å². The average Bonchev–Trinajstić information content (AvgIpc) is 2.71. The van der Waals surface area contributed by atoms with Crippen LogP contribution in [-0.4, -0.2) is 4.98 Å². The molecule has 0 amide bonds. The van der Waals surface area contributed by atoms with Crippen molar-refractivity contribution in [2.45, 2.75) is 0 Å². The van der Waals surface area contributed by atoms with Gasteiger partial charge in [-0.2, -0.15) is 0 Å². The number of oxazole rings is 1. The van der Waals surface area contributed by atoms with Gasteiger partial charge in [-0.25, -0.2) is 9.37 Å². The van der Waals surface area contributed by atoms with Crippen LogP contribution in [0.5, 0.6) is 0 Å². The molecule has 0 unspecified atom stereocenters. The highest BCUT2D eigenvalue weighted by Gasteiger charge is 2.11. The molecule has 0 atom stereocenters. The standard InChI is InChI=1S/C13H7BrClFN2O/c14-7-1-6(2-8(16)3-7)13-18-11-4-9(15)10(17)5-12(11)19-13/h1-5H,17H2. The summed E-state index contributed by atoms with van der Waals surface area (Å²) in [7, 11) is 0. The number of aromatic nitrogens is 1. The Hall–Kier alpha value is -1.59. The maximum atomic E-state index is 13.4.